The molecule has 0 aromatic rings. The van der Waals surface area contributed by atoms with Crippen molar-refractivity contribution in [2.75, 3.05) is 26.2 Å². The van der Waals surface area contributed by atoms with E-state index in [9.17, 15) is 48.3 Å². The number of hydrogen-bond acceptors (Lipinski definition) is 12. The monoisotopic (exact) mass is 813 g/mol. The summed E-state index contributed by atoms with van der Waals surface area (Å²) in [5, 5.41) is 39.9. The number of likely N-dealkylation sites (tertiary alicyclic amines) is 1. The standard InChI is InChI=1S/C34H59N11O12/c1-18(2)15-23(30(53)42-21(8-5-13-39-34(37)38)29(52)43-22(33(56)57)10-11-26(47)48)44-28(51)20(7-3-4-12-35)41-25(46)17-40-31(54)24-9-6-14-45(24)32(55)19(36)16-27(49)50/h18-24H,3-17,35-36H2,1-2H3,(H,40,54)(H,41,46)(H,42,53)(H,43,52)(H,44,51)(H,47,48)(H,49,50)(H,56,57)(H4,37,38,39)/t19-,20-,21-,22-,23-,24-/m0/s1. The van der Waals surface area contributed by atoms with Crippen molar-refractivity contribution in [2.24, 2.45) is 33.8 Å². The molecule has 0 bridgehead atoms. The molecule has 16 N–H and O–H groups in total. The Bertz CT molecular complexity index is 1460. The van der Waals surface area contributed by atoms with E-state index in [1.165, 1.54) is 4.90 Å². The third kappa shape index (κ3) is 19.2. The van der Waals surface area contributed by atoms with Crippen molar-refractivity contribution in [3.8, 4) is 0 Å². The highest BCUT2D eigenvalue weighted by Crippen LogP contribution is 2.19. The highest BCUT2D eigenvalue weighted by atomic mass is 16.4. The van der Waals surface area contributed by atoms with Crippen LogP contribution in [0.5, 0.6) is 0 Å². The first-order valence-electron chi connectivity index (χ1n) is 18.7. The Labute approximate surface area is 329 Å². The molecule has 0 spiro atoms. The smallest absolute Gasteiger partial charge is 0.326 e. The molecule has 1 heterocycles. The van der Waals surface area contributed by atoms with E-state index in [0.29, 0.717) is 19.3 Å². The zero-order valence-corrected chi connectivity index (χ0v) is 32.4. The van der Waals surface area contributed by atoms with Crippen molar-refractivity contribution in [3.63, 3.8) is 0 Å². The molecule has 23 nitrogen and oxygen atoms in total. The van der Waals surface area contributed by atoms with E-state index in [2.05, 4.69) is 31.6 Å². The largest absolute Gasteiger partial charge is 0.481 e. The van der Waals surface area contributed by atoms with Gasteiger partial charge in [0.2, 0.25) is 35.4 Å². The number of nitrogens with one attached hydrogen (secondary N) is 5. The lowest BCUT2D eigenvalue weighted by atomic mass is 10.0. The van der Waals surface area contributed by atoms with Gasteiger partial charge in [0.05, 0.1) is 19.0 Å². The Morgan fingerprint density at radius 2 is 1.35 bits per heavy atom. The SMILES string of the molecule is CC(C)C[C@H](NC(=O)[C@H](CCCCN)NC(=O)CNC(=O)[C@@H]1CCCN1C(=O)[C@@H](N)CC(=O)O)C(=O)N[C@@H](CCCN=C(N)N)C(=O)N[C@@H](CCC(=O)O)C(=O)O. The summed E-state index contributed by atoms with van der Waals surface area (Å²) >= 11 is 0. The predicted molar refractivity (Wildman–Crippen MR) is 202 cm³/mol. The van der Waals surface area contributed by atoms with Crippen LogP contribution in [-0.4, -0.2) is 142 Å². The highest BCUT2D eigenvalue weighted by molar-refractivity contribution is 5.96. The van der Waals surface area contributed by atoms with Crippen molar-refractivity contribution < 1.29 is 58.5 Å². The topological polar surface area (TPSA) is 394 Å². The summed E-state index contributed by atoms with van der Waals surface area (Å²) in [4.78, 5) is 118. The van der Waals surface area contributed by atoms with E-state index in [1.807, 2.05) is 0 Å². The van der Waals surface area contributed by atoms with Crippen LogP contribution in [0.25, 0.3) is 0 Å². The second-order valence-corrected chi connectivity index (χ2v) is 14.0. The van der Waals surface area contributed by atoms with Crippen molar-refractivity contribution in [1.29, 1.82) is 0 Å². The van der Waals surface area contributed by atoms with Crippen molar-refractivity contribution in [3.05, 3.63) is 0 Å². The Morgan fingerprint density at radius 1 is 0.772 bits per heavy atom. The molecule has 1 fully saturated rings. The summed E-state index contributed by atoms with van der Waals surface area (Å²) < 4.78 is 0. The number of carboxylic acids is 3. The average Bonchev–Trinajstić information content (AvgIpc) is 3.61. The molecule has 1 rings (SSSR count). The molecule has 6 amide bonds. The number of carboxylic acid groups (broad SMARTS) is 3. The number of nitrogens with two attached hydrogens (primary N) is 4. The number of carbonyl (C=O) groups excluding carboxylic acids is 6. The minimum absolute atomic E-state index is 0.0537. The number of guanidine groups is 1. The molecule has 57 heavy (non-hydrogen) atoms. The van der Waals surface area contributed by atoms with Crippen LogP contribution >= 0.6 is 0 Å². The average molecular weight is 814 g/mol. The fraction of sp³-hybridized carbons (Fsp3) is 0.706. The van der Waals surface area contributed by atoms with Gasteiger partial charge in [0.15, 0.2) is 5.96 Å². The Kier molecular flexibility index (Phi) is 22.2. The number of aliphatic imine (C=N–C) groups is 1. The predicted octanol–water partition coefficient (Wildman–Crippen LogP) is -3.99. The third-order valence-corrected chi connectivity index (χ3v) is 8.75. The first-order valence-corrected chi connectivity index (χ1v) is 18.7. The summed E-state index contributed by atoms with van der Waals surface area (Å²) in [5.74, 6) is -9.11. The van der Waals surface area contributed by atoms with Gasteiger partial charge in [-0.25, -0.2) is 4.79 Å². The summed E-state index contributed by atoms with van der Waals surface area (Å²) in [6.45, 7) is 3.47. The van der Waals surface area contributed by atoms with Gasteiger partial charge in [0, 0.05) is 19.5 Å². The van der Waals surface area contributed by atoms with Crippen LogP contribution < -0.4 is 49.5 Å². The maximum atomic E-state index is 13.7. The van der Waals surface area contributed by atoms with Gasteiger partial charge in [0.25, 0.3) is 0 Å². The van der Waals surface area contributed by atoms with Gasteiger partial charge >= 0.3 is 17.9 Å². The number of hydrogen-bond donors (Lipinski definition) is 12. The maximum absolute atomic E-state index is 13.7. The maximum Gasteiger partial charge on any atom is 0.326 e. The fourth-order valence-corrected chi connectivity index (χ4v) is 5.90. The lowest BCUT2D eigenvalue weighted by Crippen LogP contribution is -2.58. The molecule has 1 aliphatic rings. The fourth-order valence-electron chi connectivity index (χ4n) is 5.90. The van der Waals surface area contributed by atoms with E-state index in [0.717, 1.165) is 0 Å². The minimum Gasteiger partial charge on any atom is -0.481 e. The molecule has 0 radical (unpaired) electrons. The molecule has 6 atom stereocenters. The van der Waals surface area contributed by atoms with E-state index < -0.39 is 115 Å². The normalized spacial score (nSPS) is 16.2. The molecule has 0 saturated carbocycles. The highest BCUT2D eigenvalue weighted by Gasteiger charge is 2.37. The van der Waals surface area contributed by atoms with Crippen LogP contribution in [0.1, 0.15) is 84.5 Å². The first kappa shape index (κ1) is 49.4. The second kappa shape index (κ2) is 25.6. The lowest BCUT2D eigenvalue weighted by Gasteiger charge is -2.27. The third-order valence-electron chi connectivity index (χ3n) is 8.75. The Hall–Kier alpha value is -5.58. The number of nitrogens with zero attached hydrogens (tertiary/aromatic N) is 2. The Morgan fingerprint density at radius 3 is 1.91 bits per heavy atom. The number of amides is 6. The van der Waals surface area contributed by atoms with Crippen LogP contribution in [0.4, 0.5) is 0 Å². The first-order chi connectivity index (χ1) is 26.8. The molecule has 23 heteroatoms. The van der Waals surface area contributed by atoms with E-state index in [-0.39, 0.29) is 63.6 Å². The number of aliphatic carboxylic acids is 3. The van der Waals surface area contributed by atoms with Gasteiger partial charge in [-0.1, -0.05) is 13.8 Å². The van der Waals surface area contributed by atoms with Crippen LogP contribution in [0.2, 0.25) is 0 Å². The molecule has 0 aromatic carbocycles. The Balaban J connectivity index is 3.13. The van der Waals surface area contributed by atoms with Crippen LogP contribution in [0.3, 0.4) is 0 Å². The van der Waals surface area contributed by atoms with E-state index >= 15 is 0 Å². The van der Waals surface area contributed by atoms with Crippen molar-refractivity contribution in [2.45, 2.75) is 121 Å². The summed E-state index contributed by atoms with van der Waals surface area (Å²) in [5.41, 5.74) is 22.1. The van der Waals surface area contributed by atoms with Gasteiger partial charge in [-0.15, -0.1) is 0 Å². The van der Waals surface area contributed by atoms with Crippen LogP contribution in [0, 0.1) is 5.92 Å². The molecule has 0 aliphatic carbocycles. The summed E-state index contributed by atoms with van der Waals surface area (Å²) in [6.07, 6.45) is 0.217. The van der Waals surface area contributed by atoms with Crippen molar-refractivity contribution >= 4 is 59.3 Å². The molecule has 1 saturated heterocycles. The van der Waals surface area contributed by atoms with Gasteiger partial charge in [0.1, 0.15) is 30.2 Å². The summed E-state index contributed by atoms with van der Waals surface area (Å²) in [7, 11) is 0. The number of unbranched alkanes of at least 4 members (excludes halogenated alkanes) is 1. The molecule has 322 valence electrons. The second-order valence-electron chi connectivity index (χ2n) is 14.0. The number of rotatable bonds is 27. The lowest BCUT2D eigenvalue weighted by molar-refractivity contribution is -0.144. The molecular weight excluding hydrogens is 754 g/mol. The van der Waals surface area contributed by atoms with Gasteiger partial charge in [-0.2, -0.15) is 0 Å². The van der Waals surface area contributed by atoms with Gasteiger partial charge < -0.3 is 69.7 Å². The van der Waals surface area contributed by atoms with Crippen molar-refractivity contribution in [1.82, 2.24) is 31.5 Å². The quantitative estimate of drug-likeness (QED) is 0.0214. The molecule has 0 unspecified atom stereocenters. The zero-order chi connectivity index (χ0) is 43.2. The number of carbonyl (C=O) groups is 9. The van der Waals surface area contributed by atoms with Crippen LogP contribution in [-0.2, 0) is 43.2 Å². The molecule has 1 aliphatic heterocycles. The minimum atomic E-state index is -1.58. The van der Waals surface area contributed by atoms with E-state index in [1.54, 1.807) is 13.8 Å². The van der Waals surface area contributed by atoms with Gasteiger partial charge in [-0.3, -0.25) is 43.3 Å². The molecule has 0 aromatic heterocycles. The van der Waals surface area contributed by atoms with E-state index in [4.69, 9.17) is 33.1 Å². The molecular formula is C34H59N11O12. The van der Waals surface area contributed by atoms with Gasteiger partial charge in [-0.05, 0) is 70.3 Å². The summed E-state index contributed by atoms with van der Waals surface area (Å²) in [6, 6.07) is -7.73. The van der Waals surface area contributed by atoms with Crippen LogP contribution in [0.15, 0.2) is 4.99 Å². The zero-order valence-electron chi connectivity index (χ0n) is 32.4.